The molecular formula is C10H21NO. The molecule has 0 aromatic carbocycles. The van der Waals surface area contributed by atoms with Crippen LogP contribution in [-0.2, 0) is 4.74 Å². The van der Waals surface area contributed by atoms with Gasteiger partial charge in [-0.25, -0.2) is 0 Å². The Balaban J connectivity index is 2.19. The Morgan fingerprint density at radius 2 is 2.17 bits per heavy atom. The molecule has 2 heteroatoms. The van der Waals surface area contributed by atoms with Crippen LogP contribution in [0.2, 0.25) is 0 Å². The highest BCUT2D eigenvalue weighted by atomic mass is 16.5. The van der Waals surface area contributed by atoms with E-state index in [-0.39, 0.29) is 5.41 Å². The quantitative estimate of drug-likeness (QED) is 0.656. The first kappa shape index (κ1) is 10.0. The molecule has 12 heavy (non-hydrogen) atoms. The van der Waals surface area contributed by atoms with Crippen molar-refractivity contribution in [3.8, 4) is 0 Å². The summed E-state index contributed by atoms with van der Waals surface area (Å²) in [4.78, 5) is 0. The lowest BCUT2D eigenvalue weighted by molar-refractivity contribution is -0.108. The molecule has 2 nitrogen and oxygen atoms in total. The van der Waals surface area contributed by atoms with E-state index in [1.165, 1.54) is 12.8 Å². The molecule has 0 radical (unpaired) electrons. The maximum Gasteiger partial charge on any atom is 0.0655 e. The van der Waals surface area contributed by atoms with Crippen molar-refractivity contribution in [2.24, 2.45) is 11.1 Å². The van der Waals surface area contributed by atoms with Gasteiger partial charge in [-0.3, -0.25) is 0 Å². The molecule has 0 bridgehead atoms. The summed E-state index contributed by atoms with van der Waals surface area (Å²) in [6.45, 7) is 7.47. The predicted octanol–water partition coefficient (Wildman–Crippen LogP) is 1.93. The van der Waals surface area contributed by atoms with Gasteiger partial charge < -0.3 is 10.5 Å². The molecule has 1 fully saturated rings. The molecule has 1 aliphatic rings. The second-order valence-corrected chi connectivity index (χ2v) is 4.38. The highest BCUT2D eigenvalue weighted by Gasteiger charge is 2.46. The van der Waals surface area contributed by atoms with Gasteiger partial charge in [-0.05, 0) is 12.8 Å². The fourth-order valence-corrected chi connectivity index (χ4v) is 1.57. The van der Waals surface area contributed by atoms with Crippen molar-refractivity contribution in [1.82, 2.24) is 0 Å². The molecule has 1 saturated carbocycles. The molecule has 0 aromatic rings. The standard InChI is InChI=1S/C10H21NO/c1-4-5-6-12-9-7-8(11)10(9,2)3/h8-9H,4-7,11H2,1-3H3/t8-,9-/m0/s1. The molecule has 0 aliphatic heterocycles. The molecule has 0 unspecified atom stereocenters. The zero-order valence-electron chi connectivity index (χ0n) is 8.47. The van der Waals surface area contributed by atoms with Crippen LogP contribution in [0.3, 0.4) is 0 Å². The number of hydrogen-bond donors (Lipinski definition) is 1. The van der Waals surface area contributed by atoms with Crippen molar-refractivity contribution in [3.05, 3.63) is 0 Å². The average Bonchev–Trinajstić information content (AvgIpc) is 2.04. The minimum Gasteiger partial charge on any atom is -0.378 e. The van der Waals surface area contributed by atoms with Gasteiger partial charge in [0.05, 0.1) is 6.10 Å². The van der Waals surface area contributed by atoms with Crippen LogP contribution < -0.4 is 5.73 Å². The normalized spacial score (nSPS) is 33.0. The second-order valence-electron chi connectivity index (χ2n) is 4.38. The summed E-state index contributed by atoms with van der Waals surface area (Å²) in [5.74, 6) is 0. The summed E-state index contributed by atoms with van der Waals surface area (Å²) in [5, 5.41) is 0. The van der Waals surface area contributed by atoms with Crippen molar-refractivity contribution in [1.29, 1.82) is 0 Å². The highest BCUT2D eigenvalue weighted by Crippen LogP contribution is 2.41. The van der Waals surface area contributed by atoms with Crippen molar-refractivity contribution in [2.45, 2.75) is 52.2 Å². The molecule has 1 rings (SSSR count). The lowest BCUT2D eigenvalue weighted by Gasteiger charge is -2.49. The third kappa shape index (κ3) is 1.80. The minimum atomic E-state index is 0.202. The average molecular weight is 171 g/mol. The van der Waals surface area contributed by atoms with Gasteiger partial charge in [0.1, 0.15) is 0 Å². The zero-order chi connectivity index (χ0) is 9.19. The van der Waals surface area contributed by atoms with Gasteiger partial charge in [0, 0.05) is 18.1 Å². The minimum absolute atomic E-state index is 0.202. The molecule has 0 spiro atoms. The molecule has 1 aliphatic carbocycles. The Morgan fingerprint density at radius 3 is 2.58 bits per heavy atom. The number of hydrogen-bond acceptors (Lipinski definition) is 2. The van der Waals surface area contributed by atoms with Crippen LogP contribution in [0.1, 0.15) is 40.0 Å². The van der Waals surface area contributed by atoms with Crippen LogP contribution in [0.5, 0.6) is 0 Å². The van der Waals surface area contributed by atoms with Crippen LogP contribution in [0.4, 0.5) is 0 Å². The highest BCUT2D eigenvalue weighted by molar-refractivity contribution is 5.00. The topological polar surface area (TPSA) is 35.2 Å². The first-order valence-corrected chi connectivity index (χ1v) is 4.96. The summed E-state index contributed by atoms with van der Waals surface area (Å²) >= 11 is 0. The molecule has 0 aromatic heterocycles. The molecule has 2 N–H and O–H groups in total. The van der Waals surface area contributed by atoms with Gasteiger partial charge in [-0.2, -0.15) is 0 Å². The second kappa shape index (κ2) is 3.75. The Morgan fingerprint density at radius 1 is 1.50 bits per heavy atom. The van der Waals surface area contributed by atoms with E-state index in [1.807, 2.05) is 0 Å². The van der Waals surface area contributed by atoms with E-state index in [1.54, 1.807) is 0 Å². The number of ether oxygens (including phenoxy) is 1. The maximum atomic E-state index is 5.87. The Labute approximate surface area is 75.5 Å². The lowest BCUT2D eigenvalue weighted by Crippen LogP contribution is -2.59. The zero-order valence-corrected chi connectivity index (χ0v) is 8.47. The molecule has 0 saturated heterocycles. The Kier molecular flexibility index (Phi) is 3.13. The first-order chi connectivity index (χ1) is 5.59. The fourth-order valence-electron chi connectivity index (χ4n) is 1.57. The van der Waals surface area contributed by atoms with Crippen LogP contribution in [0.15, 0.2) is 0 Å². The number of nitrogens with two attached hydrogens (primary N) is 1. The van der Waals surface area contributed by atoms with Crippen molar-refractivity contribution >= 4 is 0 Å². The summed E-state index contributed by atoms with van der Waals surface area (Å²) in [6, 6.07) is 0.337. The van der Waals surface area contributed by atoms with Crippen LogP contribution >= 0.6 is 0 Å². The number of rotatable bonds is 4. The van der Waals surface area contributed by atoms with Gasteiger partial charge in [0.25, 0.3) is 0 Å². The monoisotopic (exact) mass is 171 g/mol. The van der Waals surface area contributed by atoms with Gasteiger partial charge in [-0.15, -0.1) is 0 Å². The molecule has 2 atom stereocenters. The van der Waals surface area contributed by atoms with E-state index < -0.39 is 0 Å². The molecule has 72 valence electrons. The molecule has 0 amide bonds. The fraction of sp³-hybridized carbons (Fsp3) is 1.00. The van der Waals surface area contributed by atoms with E-state index in [9.17, 15) is 0 Å². The van der Waals surface area contributed by atoms with Gasteiger partial charge in [0.2, 0.25) is 0 Å². The van der Waals surface area contributed by atoms with E-state index in [0.29, 0.717) is 12.1 Å². The van der Waals surface area contributed by atoms with Crippen LogP contribution in [0.25, 0.3) is 0 Å². The first-order valence-electron chi connectivity index (χ1n) is 4.96. The smallest absolute Gasteiger partial charge is 0.0655 e. The van der Waals surface area contributed by atoms with Crippen molar-refractivity contribution < 1.29 is 4.74 Å². The van der Waals surface area contributed by atoms with E-state index in [0.717, 1.165) is 13.0 Å². The maximum absolute atomic E-state index is 5.87. The third-order valence-electron chi connectivity index (χ3n) is 3.07. The summed E-state index contributed by atoms with van der Waals surface area (Å²) < 4.78 is 5.72. The van der Waals surface area contributed by atoms with Crippen molar-refractivity contribution in [3.63, 3.8) is 0 Å². The predicted molar refractivity (Wildman–Crippen MR) is 51.0 cm³/mol. The molecule has 0 heterocycles. The lowest BCUT2D eigenvalue weighted by atomic mass is 9.65. The van der Waals surface area contributed by atoms with Crippen molar-refractivity contribution in [2.75, 3.05) is 6.61 Å². The summed E-state index contributed by atoms with van der Waals surface area (Å²) in [7, 11) is 0. The Bertz CT molecular complexity index is 145. The van der Waals surface area contributed by atoms with Gasteiger partial charge >= 0.3 is 0 Å². The van der Waals surface area contributed by atoms with E-state index >= 15 is 0 Å². The molecular weight excluding hydrogens is 150 g/mol. The van der Waals surface area contributed by atoms with Crippen LogP contribution in [-0.4, -0.2) is 18.8 Å². The SMILES string of the molecule is CCCCO[C@H]1C[C@H](N)C1(C)C. The van der Waals surface area contributed by atoms with Crippen LogP contribution in [0, 0.1) is 5.41 Å². The van der Waals surface area contributed by atoms with Gasteiger partial charge in [0.15, 0.2) is 0 Å². The van der Waals surface area contributed by atoms with Gasteiger partial charge in [-0.1, -0.05) is 27.2 Å². The van der Waals surface area contributed by atoms with E-state index in [2.05, 4.69) is 20.8 Å². The summed E-state index contributed by atoms with van der Waals surface area (Å²) in [5.41, 5.74) is 6.07. The Hall–Kier alpha value is -0.0800. The van der Waals surface area contributed by atoms with E-state index in [4.69, 9.17) is 10.5 Å². The largest absolute Gasteiger partial charge is 0.378 e. The summed E-state index contributed by atoms with van der Waals surface area (Å²) in [6.07, 6.45) is 3.82. The number of unbranched alkanes of at least 4 members (excludes halogenated alkanes) is 1. The third-order valence-corrected chi connectivity index (χ3v) is 3.07.